The summed E-state index contributed by atoms with van der Waals surface area (Å²) in [5, 5.41) is 1.34. The molecule has 0 fully saturated rings. The van der Waals surface area contributed by atoms with Gasteiger partial charge in [0.1, 0.15) is 5.52 Å². The normalized spacial score (nSPS) is 11.0. The fraction of sp³-hybridized carbons (Fsp3) is 0.158. The molecule has 3 rings (SSSR count). The van der Waals surface area contributed by atoms with Crippen molar-refractivity contribution in [3.63, 3.8) is 0 Å². The van der Waals surface area contributed by atoms with Crippen molar-refractivity contribution in [2.75, 3.05) is 0 Å². The van der Waals surface area contributed by atoms with Gasteiger partial charge in [-0.05, 0) is 47.9 Å². The summed E-state index contributed by atoms with van der Waals surface area (Å²) in [5.74, 6) is 0.419. The zero-order valence-electron chi connectivity index (χ0n) is 12.9. The zero-order chi connectivity index (χ0) is 16.4. The molecule has 0 atom stereocenters. The number of halogens is 1. The highest BCUT2D eigenvalue weighted by molar-refractivity contribution is 6.35. The molecule has 23 heavy (non-hydrogen) atoms. The van der Waals surface area contributed by atoms with Gasteiger partial charge in [-0.3, -0.25) is 4.98 Å². The maximum Gasteiger partial charge on any atom is 0.343 e. The quantitative estimate of drug-likeness (QED) is 0.489. The van der Waals surface area contributed by atoms with Gasteiger partial charge in [-0.15, -0.1) is 0 Å². The van der Waals surface area contributed by atoms with Gasteiger partial charge in [0.05, 0.1) is 10.6 Å². The third-order valence-corrected chi connectivity index (χ3v) is 4.02. The molecular formula is C19H16ClNO2. The number of pyridine rings is 1. The number of hydrogen-bond acceptors (Lipinski definition) is 3. The molecule has 4 heteroatoms. The smallest absolute Gasteiger partial charge is 0.343 e. The van der Waals surface area contributed by atoms with E-state index in [0.29, 0.717) is 27.8 Å². The summed E-state index contributed by atoms with van der Waals surface area (Å²) >= 11 is 6.15. The second-order valence-corrected chi connectivity index (χ2v) is 6.02. The standard InChI is InChI=1S/C19H16ClNO2/c1-12(2)13-5-7-14(8-6-13)19(22)23-17-10-9-16(20)15-4-3-11-21-18(15)17/h3-12H,1-2H3. The van der Waals surface area contributed by atoms with Gasteiger partial charge in [-0.2, -0.15) is 0 Å². The Labute approximate surface area is 139 Å². The maximum absolute atomic E-state index is 12.3. The summed E-state index contributed by atoms with van der Waals surface area (Å²) in [5.41, 5.74) is 2.26. The lowest BCUT2D eigenvalue weighted by Crippen LogP contribution is -2.09. The van der Waals surface area contributed by atoms with E-state index in [0.717, 1.165) is 5.39 Å². The van der Waals surface area contributed by atoms with E-state index in [-0.39, 0.29) is 0 Å². The van der Waals surface area contributed by atoms with Crippen molar-refractivity contribution < 1.29 is 9.53 Å². The van der Waals surface area contributed by atoms with Gasteiger partial charge in [-0.1, -0.05) is 37.6 Å². The fourth-order valence-electron chi connectivity index (χ4n) is 2.36. The molecule has 0 unspecified atom stereocenters. The molecule has 0 aliphatic carbocycles. The summed E-state index contributed by atoms with van der Waals surface area (Å²) in [7, 11) is 0. The Morgan fingerprint density at radius 1 is 1.09 bits per heavy atom. The largest absolute Gasteiger partial charge is 0.421 e. The summed E-state index contributed by atoms with van der Waals surface area (Å²) < 4.78 is 5.51. The Morgan fingerprint density at radius 3 is 2.52 bits per heavy atom. The molecule has 116 valence electrons. The van der Waals surface area contributed by atoms with Crippen LogP contribution in [0.4, 0.5) is 0 Å². The Hall–Kier alpha value is -2.39. The van der Waals surface area contributed by atoms with E-state index in [4.69, 9.17) is 16.3 Å². The van der Waals surface area contributed by atoms with Crippen molar-refractivity contribution in [2.24, 2.45) is 0 Å². The lowest BCUT2D eigenvalue weighted by Gasteiger charge is -2.09. The van der Waals surface area contributed by atoms with E-state index in [1.807, 2.05) is 18.2 Å². The van der Waals surface area contributed by atoms with Crippen molar-refractivity contribution in [3.05, 3.63) is 70.9 Å². The Kier molecular flexibility index (Phi) is 4.30. The zero-order valence-corrected chi connectivity index (χ0v) is 13.7. The Morgan fingerprint density at radius 2 is 1.83 bits per heavy atom. The lowest BCUT2D eigenvalue weighted by molar-refractivity contribution is 0.0737. The van der Waals surface area contributed by atoms with E-state index in [1.165, 1.54) is 5.56 Å². The Balaban J connectivity index is 1.90. The van der Waals surface area contributed by atoms with Crippen LogP contribution in [0, 0.1) is 0 Å². The highest BCUT2D eigenvalue weighted by atomic mass is 35.5. The fourth-order valence-corrected chi connectivity index (χ4v) is 2.57. The van der Waals surface area contributed by atoms with Crippen molar-refractivity contribution in [2.45, 2.75) is 19.8 Å². The highest BCUT2D eigenvalue weighted by Gasteiger charge is 2.13. The van der Waals surface area contributed by atoms with E-state index < -0.39 is 5.97 Å². The van der Waals surface area contributed by atoms with Gasteiger partial charge in [0.2, 0.25) is 0 Å². The minimum absolute atomic E-state index is 0.405. The second-order valence-electron chi connectivity index (χ2n) is 5.61. The number of ether oxygens (including phenoxy) is 1. The predicted octanol–water partition coefficient (Wildman–Crippen LogP) is 5.23. The molecule has 0 bridgehead atoms. The van der Waals surface area contributed by atoms with Gasteiger partial charge in [-0.25, -0.2) is 4.79 Å². The van der Waals surface area contributed by atoms with Gasteiger partial charge in [0, 0.05) is 11.6 Å². The highest BCUT2D eigenvalue weighted by Crippen LogP contribution is 2.30. The molecule has 0 amide bonds. The van der Waals surface area contributed by atoms with Crippen molar-refractivity contribution in [1.82, 2.24) is 4.98 Å². The number of carbonyl (C=O) groups is 1. The van der Waals surface area contributed by atoms with Crippen LogP contribution in [0.2, 0.25) is 5.02 Å². The first-order chi connectivity index (χ1) is 11.1. The van der Waals surface area contributed by atoms with Crippen LogP contribution in [0.15, 0.2) is 54.7 Å². The van der Waals surface area contributed by atoms with Crippen LogP contribution in [-0.2, 0) is 0 Å². The number of esters is 1. The Bertz CT molecular complexity index is 857. The predicted molar refractivity (Wildman–Crippen MR) is 92.2 cm³/mol. The van der Waals surface area contributed by atoms with Crippen LogP contribution in [0.25, 0.3) is 10.9 Å². The molecule has 0 aliphatic heterocycles. The van der Waals surface area contributed by atoms with Crippen molar-refractivity contribution in [1.29, 1.82) is 0 Å². The minimum Gasteiger partial charge on any atom is -0.421 e. The topological polar surface area (TPSA) is 39.2 Å². The van der Waals surface area contributed by atoms with Crippen molar-refractivity contribution >= 4 is 28.5 Å². The summed E-state index contributed by atoms with van der Waals surface area (Å²) in [4.78, 5) is 16.6. The monoisotopic (exact) mass is 325 g/mol. The first kappa shape index (κ1) is 15.5. The van der Waals surface area contributed by atoms with Gasteiger partial charge >= 0.3 is 5.97 Å². The molecule has 0 N–H and O–H groups in total. The van der Waals surface area contributed by atoms with E-state index in [2.05, 4.69) is 18.8 Å². The SMILES string of the molecule is CC(C)c1ccc(C(=O)Oc2ccc(Cl)c3cccnc23)cc1. The molecule has 3 aromatic rings. The molecule has 1 aromatic heterocycles. The molecule has 2 aromatic carbocycles. The van der Waals surface area contributed by atoms with Crippen LogP contribution in [0.1, 0.15) is 35.7 Å². The number of aromatic nitrogens is 1. The van der Waals surface area contributed by atoms with Crippen LogP contribution >= 0.6 is 11.6 Å². The third-order valence-electron chi connectivity index (χ3n) is 3.70. The average molecular weight is 326 g/mol. The maximum atomic E-state index is 12.3. The molecule has 0 saturated carbocycles. The second kappa shape index (κ2) is 6.39. The number of fused-ring (bicyclic) bond motifs is 1. The number of benzene rings is 2. The average Bonchev–Trinajstić information content (AvgIpc) is 2.57. The molecule has 0 spiro atoms. The third kappa shape index (κ3) is 3.20. The number of nitrogens with zero attached hydrogens (tertiary/aromatic N) is 1. The van der Waals surface area contributed by atoms with Gasteiger partial charge < -0.3 is 4.74 Å². The molecule has 1 heterocycles. The first-order valence-electron chi connectivity index (χ1n) is 7.41. The lowest BCUT2D eigenvalue weighted by atomic mass is 10.0. The number of carbonyl (C=O) groups excluding carboxylic acids is 1. The van der Waals surface area contributed by atoms with Crippen molar-refractivity contribution in [3.8, 4) is 5.75 Å². The molecular weight excluding hydrogens is 310 g/mol. The van der Waals surface area contributed by atoms with Crippen LogP contribution < -0.4 is 4.74 Å². The summed E-state index contributed by atoms with van der Waals surface area (Å²) in [6.07, 6.45) is 1.65. The molecule has 3 nitrogen and oxygen atoms in total. The number of rotatable bonds is 3. The van der Waals surface area contributed by atoms with Gasteiger partial charge in [0.25, 0.3) is 0 Å². The number of hydrogen-bond donors (Lipinski definition) is 0. The summed E-state index contributed by atoms with van der Waals surface area (Å²) in [6.45, 7) is 4.22. The molecule has 0 aliphatic rings. The molecule has 0 saturated heterocycles. The van der Waals surface area contributed by atoms with E-state index in [9.17, 15) is 4.79 Å². The van der Waals surface area contributed by atoms with E-state index in [1.54, 1.807) is 36.5 Å². The first-order valence-corrected chi connectivity index (χ1v) is 7.79. The van der Waals surface area contributed by atoms with Gasteiger partial charge in [0.15, 0.2) is 5.75 Å². The van der Waals surface area contributed by atoms with Crippen LogP contribution in [0.3, 0.4) is 0 Å². The summed E-state index contributed by atoms with van der Waals surface area (Å²) in [6, 6.07) is 14.5. The minimum atomic E-state index is -0.408. The van der Waals surface area contributed by atoms with E-state index >= 15 is 0 Å². The van der Waals surface area contributed by atoms with Crippen LogP contribution in [0.5, 0.6) is 5.75 Å². The van der Waals surface area contributed by atoms with Crippen LogP contribution in [-0.4, -0.2) is 11.0 Å². The molecule has 0 radical (unpaired) electrons.